The maximum absolute atomic E-state index is 12.3. The summed E-state index contributed by atoms with van der Waals surface area (Å²) in [6, 6.07) is 9.83. The second-order valence-electron chi connectivity index (χ2n) is 5.57. The number of aryl methyl sites for hydroxylation is 2. The highest BCUT2D eigenvalue weighted by Gasteiger charge is 2.12. The zero-order valence-corrected chi connectivity index (χ0v) is 15.1. The molecule has 24 heavy (non-hydrogen) atoms. The lowest BCUT2D eigenvalue weighted by Crippen LogP contribution is -2.13. The molecule has 0 aliphatic carbocycles. The molecular weight excluding hydrogens is 320 g/mol. The van der Waals surface area contributed by atoms with Crippen molar-refractivity contribution in [3.05, 3.63) is 41.2 Å². The van der Waals surface area contributed by atoms with Crippen LogP contribution in [0.5, 0.6) is 0 Å². The van der Waals surface area contributed by atoms with Gasteiger partial charge in [0, 0.05) is 36.2 Å². The van der Waals surface area contributed by atoms with Crippen molar-refractivity contribution in [3.63, 3.8) is 0 Å². The van der Waals surface area contributed by atoms with Crippen LogP contribution in [-0.2, 0) is 18.3 Å². The minimum atomic E-state index is -0.00835. The van der Waals surface area contributed by atoms with Crippen LogP contribution in [-0.4, -0.2) is 21.4 Å². The fraction of sp³-hybridized carbons (Fsp3) is 0.389. The third-order valence-electron chi connectivity index (χ3n) is 3.89. The van der Waals surface area contributed by atoms with Gasteiger partial charge in [-0.05, 0) is 38.0 Å². The van der Waals surface area contributed by atoms with E-state index in [1.165, 1.54) is 0 Å². The molecule has 0 radical (unpaired) electrons. The molecule has 6 heteroatoms. The average molecular weight is 342 g/mol. The van der Waals surface area contributed by atoms with Gasteiger partial charge in [0.15, 0.2) is 0 Å². The Labute approximate surface area is 147 Å². The van der Waals surface area contributed by atoms with Crippen molar-refractivity contribution in [2.75, 3.05) is 11.1 Å². The lowest BCUT2D eigenvalue weighted by Gasteiger charge is -2.10. The number of hydrogen-bond acceptors (Lipinski definition) is 4. The minimum Gasteiger partial charge on any atom is -0.325 e. The van der Waals surface area contributed by atoms with E-state index < -0.39 is 0 Å². The average Bonchev–Trinajstić information content (AvgIpc) is 2.80. The van der Waals surface area contributed by atoms with Crippen LogP contribution in [0.3, 0.4) is 0 Å². The zero-order valence-electron chi connectivity index (χ0n) is 14.3. The second kappa shape index (κ2) is 8.55. The number of rotatable bonds is 7. The smallest absolute Gasteiger partial charge is 0.224 e. The van der Waals surface area contributed by atoms with Gasteiger partial charge in [0.1, 0.15) is 0 Å². The number of aromatic nitrogens is 2. The van der Waals surface area contributed by atoms with Gasteiger partial charge in [0.05, 0.1) is 17.5 Å². The predicted octanol–water partition coefficient (Wildman–Crippen LogP) is 3.61. The SMILES string of the molecule is Cc1nn(C)c(C)c1CCC(=O)Nc1ccccc1SCCC#N. The molecule has 0 unspecified atom stereocenters. The molecule has 0 aliphatic rings. The maximum atomic E-state index is 12.3. The highest BCUT2D eigenvalue weighted by Crippen LogP contribution is 2.27. The van der Waals surface area contributed by atoms with E-state index in [0.717, 1.165) is 33.3 Å². The predicted molar refractivity (Wildman–Crippen MR) is 97.0 cm³/mol. The number of amides is 1. The molecule has 1 aromatic carbocycles. The quantitative estimate of drug-likeness (QED) is 0.616. The normalized spacial score (nSPS) is 10.4. The first-order valence-corrected chi connectivity index (χ1v) is 8.89. The highest BCUT2D eigenvalue weighted by atomic mass is 32.2. The molecule has 1 aromatic heterocycles. The van der Waals surface area contributed by atoms with Crippen molar-refractivity contribution in [1.29, 1.82) is 5.26 Å². The van der Waals surface area contributed by atoms with E-state index >= 15 is 0 Å². The van der Waals surface area contributed by atoms with Crippen molar-refractivity contribution in [3.8, 4) is 6.07 Å². The third-order valence-corrected chi connectivity index (χ3v) is 4.97. The Hall–Kier alpha value is -2.26. The molecule has 0 aliphatic heterocycles. The molecule has 0 saturated heterocycles. The van der Waals surface area contributed by atoms with Crippen LogP contribution in [0.2, 0.25) is 0 Å². The largest absolute Gasteiger partial charge is 0.325 e. The lowest BCUT2D eigenvalue weighted by atomic mass is 10.1. The molecular formula is C18H22N4OS. The molecule has 2 rings (SSSR count). The number of nitrogens with one attached hydrogen (secondary N) is 1. The first-order chi connectivity index (χ1) is 11.5. The summed E-state index contributed by atoms with van der Waals surface area (Å²) in [7, 11) is 1.92. The molecule has 5 nitrogen and oxygen atoms in total. The number of anilines is 1. The van der Waals surface area contributed by atoms with Gasteiger partial charge in [-0.1, -0.05) is 12.1 Å². The van der Waals surface area contributed by atoms with Gasteiger partial charge in [0.2, 0.25) is 5.91 Å². The summed E-state index contributed by atoms with van der Waals surface area (Å²) in [6.07, 6.45) is 1.60. The summed E-state index contributed by atoms with van der Waals surface area (Å²) in [4.78, 5) is 13.3. The summed E-state index contributed by atoms with van der Waals surface area (Å²) in [5.74, 6) is 0.711. The Morgan fingerprint density at radius 1 is 1.38 bits per heavy atom. The molecule has 2 aromatic rings. The van der Waals surface area contributed by atoms with Gasteiger partial charge < -0.3 is 5.32 Å². The summed E-state index contributed by atoms with van der Waals surface area (Å²) in [5.41, 5.74) is 4.04. The van der Waals surface area contributed by atoms with E-state index in [1.54, 1.807) is 11.8 Å². The van der Waals surface area contributed by atoms with E-state index in [1.807, 2.05) is 49.8 Å². The third kappa shape index (κ3) is 4.62. The Balaban J connectivity index is 1.96. The van der Waals surface area contributed by atoms with Crippen molar-refractivity contribution in [2.45, 2.75) is 38.0 Å². The van der Waals surface area contributed by atoms with Crippen molar-refractivity contribution in [1.82, 2.24) is 9.78 Å². The fourth-order valence-electron chi connectivity index (χ4n) is 2.53. The van der Waals surface area contributed by atoms with E-state index in [-0.39, 0.29) is 5.91 Å². The Morgan fingerprint density at radius 2 is 2.12 bits per heavy atom. The van der Waals surface area contributed by atoms with Crippen molar-refractivity contribution in [2.24, 2.45) is 7.05 Å². The zero-order chi connectivity index (χ0) is 17.5. The van der Waals surface area contributed by atoms with Gasteiger partial charge in [-0.3, -0.25) is 9.48 Å². The van der Waals surface area contributed by atoms with Crippen LogP contribution >= 0.6 is 11.8 Å². The number of hydrogen-bond donors (Lipinski definition) is 1. The first-order valence-electron chi connectivity index (χ1n) is 7.90. The summed E-state index contributed by atoms with van der Waals surface area (Å²) < 4.78 is 1.85. The Bertz CT molecular complexity index is 761. The van der Waals surface area contributed by atoms with Crippen LogP contribution in [0.4, 0.5) is 5.69 Å². The van der Waals surface area contributed by atoms with E-state index in [0.29, 0.717) is 19.3 Å². The highest BCUT2D eigenvalue weighted by molar-refractivity contribution is 7.99. The molecule has 0 spiro atoms. The van der Waals surface area contributed by atoms with Gasteiger partial charge in [-0.15, -0.1) is 11.8 Å². The molecule has 1 heterocycles. The van der Waals surface area contributed by atoms with Gasteiger partial charge in [-0.2, -0.15) is 10.4 Å². The topological polar surface area (TPSA) is 70.7 Å². The number of nitriles is 1. The monoisotopic (exact) mass is 342 g/mol. The van der Waals surface area contributed by atoms with Crippen LogP contribution in [0.15, 0.2) is 29.2 Å². The number of benzene rings is 1. The Kier molecular flexibility index (Phi) is 6.44. The number of nitrogens with zero attached hydrogens (tertiary/aromatic N) is 3. The van der Waals surface area contributed by atoms with Crippen LogP contribution in [0.25, 0.3) is 0 Å². The number of para-hydroxylation sites is 1. The summed E-state index contributed by atoms with van der Waals surface area (Å²) >= 11 is 1.59. The first kappa shape index (κ1) is 18.1. The van der Waals surface area contributed by atoms with E-state index in [4.69, 9.17) is 5.26 Å². The van der Waals surface area contributed by atoms with Gasteiger partial charge in [-0.25, -0.2) is 0 Å². The number of carbonyl (C=O) groups is 1. The van der Waals surface area contributed by atoms with Crippen LogP contribution in [0, 0.1) is 25.2 Å². The van der Waals surface area contributed by atoms with Crippen molar-refractivity contribution < 1.29 is 4.79 Å². The molecule has 1 amide bonds. The standard InChI is InChI=1S/C18H22N4OS/c1-13-15(14(2)22(3)21-13)9-10-18(23)20-16-7-4-5-8-17(16)24-12-6-11-19/h4-5,7-8H,6,9-10,12H2,1-3H3,(H,20,23). The summed E-state index contributed by atoms with van der Waals surface area (Å²) in [6.45, 7) is 4.00. The van der Waals surface area contributed by atoms with Gasteiger partial charge in [0.25, 0.3) is 0 Å². The Morgan fingerprint density at radius 3 is 2.79 bits per heavy atom. The molecule has 0 saturated carbocycles. The minimum absolute atomic E-state index is 0.00835. The van der Waals surface area contributed by atoms with Crippen molar-refractivity contribution >= 4 is 23.4 Å². The molecule has 0 atom stereocenters. The summed E-state index contributed by atoms with van der Waals surface area (Å²) in [5, 5.41) is 16.0. The molecule has 0 fully saturated rings. The lowest BCUT2D eigenvalue weighted by molar-refractivity contribution is -0.116. The number of carbonyl (C=O) groups excluding carboxylic acids is 1. The fourth-order valence-corrected chi connectivity index (χ4v) is 3.40. The van der Waals surface area contributed by atoms with E-state index in [9.17, 15) is 4.79 Å². The molecule has 1 N–H and O–H groups in total. The molecule has 126 valence electrons. The van der Waals surface area contributed by atoms with E-state index in [2.05, 4.69) is 16.5 Å². The van der Waals surface area contributed by atoms with Crippen LogP contribution in [0.1, 0.15) is 29.8 Å². The van der Waals surface area contributed by atoms with Crippen LogP contribution < -0.4 is 5.32 Å². The maximum Gasteiger partial charge on any atom is 0.224 e. The number of thioether (sulfide) groups is 1. The molecule has 0 bridgehead atoms. The second-order valence-corrected chi connectivity index (χ2v) is 6.71. The van der Waals surface area contributed by atoms with Gasteiger partial charge >= 0.3 is 0 Å².